The molecule has 0 atom stereocenters. The first-order valence-electron chi connectivity index (χ1n) is 6.49. The van der Waals surface area contributed by atoms with E-state index < -0.39 is 10.0 Å². The summed E-state index contributed by atoms with van der Waals surface area (Å²) in [6.07, 6.45) is 1.72. The molecule has 20 heavy (non-hydrogen) atoms. The van der Waals surface area contributed by atoms with Crippen molar-refractivity contribution in [2.24, 2.45) is 0 Å². The molecule has 0 radical (unpaired) electrons. The smallest absolute Gasteiger partial charge is 0.212 e. The van der Waals surface area contributed by atoms with Gasteiger partial charge in [0, 0.05) is 29.5 Å². The zero-order valence-corrected chi connectivity index (χ0v) is 13.0. The van der Waals surface area contributed by atoms with Crippen LogP contribution < -0.4 is 10.5 Å². The Balaban J connectivity index is 1.73. The molecule has 3 N–H and O–H groups in total. The lowest BCUT2D eigenvalue weighted by Crippen LogP contribution is -2.48. The van der Waals surface area contributed by atoms with Crippen LogP contribution in [0.1, 0.15) is 12.8 Å². The molecule has 0 amide bonds. The van der Waals surface area contributed by atoms with Crippen LogP contribution in [-0.2, 0) is 14.8 Å². The Kier molecular flexibility index (Phi) is 5.31. The predicted molar refractivity (Wildman–Crippen MR) is 82.3 cm³/mol. The molecule has 5 nitrogen and oxygen atoms in total. The molecule has 112 valence electrons. The highest BCUT2D eigenvalue weighted by Gasteiger charge is 2.31. The van der Waals surface area contributed by atoms with Crippen LogP contribution in [0.5, 0.6) is 0 Å². The summed E-state index contributed by atoms with van der Waals surface area (Å²) in [5, 5.41) is 0. The van der Waals surface area contributed by atoms with E-state index in [1.54, 1.807) is 7.11 Å². The van der Waals surface area contributed by atoms with Crippen LogP contribution in [0.3, 0.4) is 0 Å². The number of rotatable bonds is 7. The number of hydrogen-bond donors (Lipinski definition) is 2. The third-order valence-electron chi connectivity index (χ3n) is 3.25. The van der Waals surface area contributed by atoms with Gasteiger partial charge in [-0.1, -0.05) is 6.07 Å². The van der Waals surface area contributed by atoms with Crippen LogP contribution in [0.4, 0.5) is 5.69 Å². The van der Waals surface area contributed by atoms with Gasteiger partial charge in [0.1, 0.15) is 0 Å². The van der Waals surface area contributed by atoms with Gasteiger partial charge < -0.3 is 10.5 Å². The van der Waals surface area contributed by atoms with Gasteiger partial charge in [-0.25, -0.2) is 13.1 Å². The maximum absolute atomic E-state index is 11.9. The fourth-order valence-corrected chi connectivity index (χ4v) is 4.70. The molecule has 2 rings (SSSR count). The molecule has 0 aromatic heterocycles. The average molecular weight is 316 g/mol. The first-order chi connectivity index (χ1) is 9.48. The van der Waals surface area contributed by atoms with Gasteiger partial charge in [-0.15, -0.1) is 11.8 Å². The Morgan fingerprint density at radius 1 is 1.45 bits per heavy atom. The zero-order valence-electron chi connectivity index (χ0n) is 11.4. The molecule has 1 aromatic carbocycles. The van der Waals surface area contributed by atoms with Crippen molar-refractivity contribution in [3.05, 3.63) is 24.3 Å². The van der Waals surface area contributed by atoms with Crippen LogP contribution in [0, 0.1) is 0 Å². The molecule has 1 fully saturated rings. The van der Waals surface area contributed by atoms with Crippen LogP contribution in [-0.4, -0.2) is 39.2 Å². The number of benzene rings is 1. The van der Waals surface area contributed by atoms with E-state index in [-0.39, 0.29) is 17.9 Å². The zero-order chi connectivity index (χ0) is 14.6. The highest BCUT2D eigenvalue weighted by Crippen LogP contribution is 2.24. The minimum Gasteiger partial charge on any atom is -0.399 e. The van der Waals surface area contributed by atoms with E-state index in [1.165, 1.54) is 11.8 Å². The molecule has 0 spiro atoms. The van der Waals surface area contributed by atoms with E-state index in [9.17, 15) is 8.42 Å². The first kappa shape index (κ1) is 15.6. The van der Waals surface area contributed by atoms with Crippen molar-refractivity contribution in [2.45, 2.75) is 29.9 Å². The fraction of sp³-hybridized carbons (Fsp3) is 0.538. The topological polar surface area (TPSA) is 81.4 Å². The summed E-state index contributed by atoms with van der Waals surface area (Å²) in [6, 6.07) is 7.48. The van der Waals surface area contributed by atoms with E-state index >= 15 is 0 Å². The number of hydrogen-bond acceptors (Lipinski definition) is 5. The van der Waals surface area contributed by atoms with E-state index in [0.29, 0.717) is 11.4 Å². The fourth-order valence-electron chi connectivity index (χ4n) is 2.04. The largest absolute Gasteiger partial charge is 0.399 e. The van der Waals surface area contributed by atoms with Gasteiger partial charge in [-0.3, -0.25) is 0 Å². The standard InChI is InChI=1S/C13H20N2O3S2/c1-18-12-8-11(9-12)15-20(16,17)6-5-19-13-4-2-3-10(14)7-13/h2-4,7,11-12,15H,5-6,8-9,14H2,1H3. The average Bonchev–Trinajstić information content (AvgIpc) is 2.33. The van der Waals surface area contributed by atoms with Crippen molar-refractivity contribution >= 4 is 27.5 Å². The molecule has 1 saturated carbocycles. The van der Waals surface area contributed by atoms with Crippen molar-refractivity contribution in [2.75, 3.05) is 24.3 Å². The number of nitrogens with two attached hydrogens (primary N) is 1. The van der Waals surface area contributed by atoms with E-state index in [1.807, 2.05) is 24.3 Å². The number of methoxy groups -OCH3 is 1. The van der Waals surface area contributed by atoms with E-state index in [0.717, 1.165) is 17.7 Å². The Morgan fingerprint density at radius 2 is 2.20 bits per heavy atom. The SMILES string of the molecule is COC1CC(NS(=O)(=O)CCSc2cccc(N)c2)C1. The second kappa shape index (κ2) is 6.80. The number of nitrogens with one attached hydrogen (secondary N) is 1. The number of ether oxygens (including phenoxy) is 1. The molecule has 0 saturated heterocycles. The molecule has 1 aromatic rings. The van der Waals surface area contributed by atoms with Crippen molar-refractivity contribution < 1.29 is 13.2 Å². The Hall–Kier alpha value is -0.760. The van der Waals surface area contributed by atoms with Crippen LogP contribution in [0.25, 0.3) is 0 Å². The van der Waals surface area contributed by atoms with E-state index in [2.05, 4.69) is 4.72 Å². The lowest BCUT2D eigenvalue weighted by molar-refractivity contribution is 0.0236. The summed E-state index contributed by atoms with van der Waals surface area (Å²) < 4.78 is 31.6. The minimum absolute atomic E-state index is 0.0299. The van der Waals surface area contributed by atoms with Crippen LogP contribution >= 0.6 is 11.8 Å². The molecule has 0 unspecified atom stereocenters. The summed E-state index contributed by atoms with van der Waals surface area (Å²) in [4.78, 5) is 0.989. The number of anilines is 1. The predicted octanol–water partition coefficient (Wildman–Crippen LogP) is 1.46. The van der Waals surface area contributed by atoms with Crippen LogP contribution in [0.15, 0.2) is 29.2 Å². The summed E-state index contributed by atoms with van der Waals surface area (Å²) in [5.41, 5.74) is 6.37. The second-order valence-electron chi connectivity index (χ2n) is 4.88. The summed E-state index contributed by atoms with van der Waals surface area (Å²) >= 11 is 1.50. The number of sulfonamides is 1. The van der Waals surface area contributed by atoms with Crippen molar-refractivity contribution in [1.82, 2.24) is 4.72 Å². The normalized spacial score (nSPS) is 22.4. The molecule has 1 aliphatic rings. The monoisotopic (exact) mass is 316 g/mol. The van der Waals surface area contributed by atoms with Crippen molar-refractivity contribution in [3.8, 4) is 0 Å². The van der Waals surface area contributed by atoms with Gasteiger partial charge in [0.15, 0.2) is 0 Å². The molecule has 7 heteroatoms. The van der Waals surface area contributed by atoms with Gasteiger partial charge in [0.05, 0.1) is 11.9 Å². The third kappa shape index (κ3) is 4.66. The lowest BCUT2D eigenvalue weighted by Gasteiger charge is -2.34. The van der Waals surface area contributed by atoms with Crippen molar-refractivity contribution in [1.29, 1.82) is 0 Å². The summed E-state index contributed by atoms with van der Waals surface area (Å²) in [6.45, 7) is 0. The van der Waals surface area contributed by atoms with Gasteiger partial charge in [-0.2, -0.15) is 0 Å². The van der Waals surface area contributed by atoms with Crippen molar-refractivity contribution in [3.63, 3.8) is 0 Å². The molecule has 0 heterocycles. The second-order valence-corrected chi connectivity index (χ2v) is 7.93. The lowest BCUT2D eigenvalue weighted by atomic mass is 9.90. The van der Waals surface area contributed by atoms with E-state index in [4.69, 9.17) is 10.5 Å². The summed E-state index contributed by atoms with van der Waals surface area (Å²) in [5.74, 6) is 0.625. The minimum atomic E-state index is -3.21. The molecular formula is C13H20N2O3S2. The number of thioether (sulfide) groups is 1. The first-order valence-corrected chi connectivity index (χ1v) is 9.13. The third-order valence-corrected chi connectivity index (χ3v) is 5.94. The summed E-state index contributed by atoms with van der Waals surface area (Å²) in [7, 11) is -1.56. The van der Waals surface area contributed by atoms with Gasteiger partial charge in [0.25, 0.3) is 0 Å². The Labute approximate surface area is 124 Å². The maximum atomic E-state index is 11.9. The highest BCUT2D eigenvalue weighted by atomic mass is 32.2. The Morgan fingerprint density at radius 3 is 2.85 bits per heavy atom. The molecule has 0 aliphatic heterocycles. The quantitative estimate of drug-likeness (QED) is 0.588. The molecule has 1 aliphatic carbocycles. The van der Waals surface area contributed by atoms with Crippen LogP contribution in [0.2, 0.25) is 0 Å². The maximum Gasteiger partial charge on any atom is 0.212 e. The molecule has 0 bridgehead atoms. The Bertz CT molecular complexity index is 542. The van der Waals surface area contributed by atoms with Gasteiger partial charge in [-0.05, 0) is 31.0 Å². The van der Waals surface area contributed by atoms with Gasteiger partial charge in [0.2, 0.25) is 10.0 Å². The molecular weight excluding hydrogens is 296 g/mol. The van der Waals surface area contributed by atoms with Gasteiger partial charge >= 0.3 is 0 Å². The highest BCUT2D eigenvalue weighted by molar-refractivity contribution is 8.00. The number of nitrogen functional groups attached to an aromatic ring is 1.